The molecule has 0 unspecified atom stereocenters. The smallest absolute Gasteiger partial charge is 0.264 e. The zero-order valence-corrected chi connectivity index (χ0v) is 23.6. The van der Waals surface area contributed by atoms with Crippen molar-refractivity contribution in [3.05, 3.63) is 88.4 Å². The Morgan fingerprint density at radius 2 is 1.66 bits per heavy atom. The summed E-state index contributed by atoms with van der Waals surface area (Å²) in [6, 6.07) is 18.2. The molecule has 38 heavy (non-hydrogen) atoms. The second-order valence-electron chi connectivity index (χ2n) is 8.32. The lowest BCUT2D eigenvalue weighted by atomic mass is 10.1. The summed E-state index contributed by atoms with van der Waals surface area (Å²) >= 11 is 12.4. The third-order valence-corrected chi connectivity index (χ3v) is 8.33. The summed E-state index contributed by atoms with van der Waals surface area (Å²) in [5.74, 6) is -0.462. The molecule has 202 valence electrons. The van der Waals surface area contributed by atoms with Crippen LogP contribution in [0.15, 0.2) is 77.7 Å². The Morgan fingerprint density at radius 3 is 2.21 bits per heavy atom. The van der Waals surface area contributed by atoms with Gasteiger partial charge in [-0.05, 0) is 60.5 Å². The molecule has 0 bridgehead atoms. The Hall–Kier alpha value is -3.27. The van der Waals surface area contributed by atoms with E-state index in [9.17, 15) is 18.0 Å². The van der Waals surface area contributed by atoms with E-state index in [1.165, 1.54) is 43.3 Å². The molecule has 0 aliphatic rings. The molecule has 0 fully saturated rings. The van der Waals surface area contributed by atoms with Crippen molar-refractivity contribution in [1.82, 2.24) is 10.2 Å². The number of carbonyl (C=O) groups excluding carboxylic acids is 2. The fourth-order valence-corrected chi connectivity index (χ4v) is 5.80. The van der Waals surface area contributed by atoms with Crippen LogP contribution in [0.2, 0.25) is 10.0 Å². The maximum Gasteiger partial charge on any atom is 0.264 e. The topological polar surface area (TPSA) is 96.0 Å². The maximum atomic E-state index is 13.9. The molecule has 8 nitrogen and oxygen atoms in total. The molecule has 2 amide bonds. The second kappa shape index (κ2) is 13.0. The van der Waals surface area contributed by atoms with Crippen molar-refractivity contribution in [2.45, 2.75) is 30.8 Å². The lowest BCUT2D eigenvalue weighted by Gasteiger charge is -2.33. The molecule has 3 aromatic carbocycles. The Labute approximate surface area is 233 Å². The zero-order chi connectivity index (χ0) is 27.9. The average Bonchev–Trinajstić information content (AvgIpc) is 2.92. The van der Waals surface area contributed by atoms with Gasteiger partial charge in [0, 0.05) is 23.6 Å². The van der Waals surface area contributed by atoms with Gasteiger partial charge in [-0.1, -0.05) is 54.4 Å². The molecule has 1 N–H and O–H groups in total. The number of methoxy groups -OCH3 is 1. The largest absolute Gasteiger partial charge is 0.497 e. The van der Waals surface area contributed by atoms with Crippen molar-refractivity contribution >= 4 is 50.7 Å². The molecule has 0 radical (unpaired) electrons. The van der Waals surface area contributed by atoms with Gasteiger partial charge in [-0.15, -0.1) is 0 Å². The molecule has 0 aromatic heterocycles. The van der Waals surface area contributed by atoms with Crippen LogP contribution in [0.4, 0.5) is 5.69 Å². The SMILES string of the molecule is CC[C@H](C(=O)NC)N(Cc1ccc(Cl)cc1Cl)C(=O)CN(c1ccccc1)S(=O)(=O)c1ccc(OC)cc1. The minimum atomic E-state index is -4.17. The van der Waals surface area contributed by atoms with Crippen molar-refractivity contribution in [3.8, 4) is 5.75 Å². The van der Waals surface area contributed by atoms with Gasteiger partial charge < -0.3 is 15.0 Å². The minimum Gasteiger partial charge on any atom is -0.497 e. The summed E-state index contributed by atoms with van der Waals surface area (Å²) in [5.41, 5.74) is 0.866. The van der Waals surface area contributed by atoms with Gasteiger partial charge in [0.25, 0.3) is 10.0 Å². The van der Waals surface area contributed by atoms with Gasteiger partial charge >= 0.3 is 0 Å². The zero-order valence-electron chi connectivity index (χ0n) is 21.2. The van der Waals surface area contributed by atoms with Gasteiger partial charge in [0.2, 0.25) is 11.8 Å². The van der Waals surface area contributed by atoms with E-state index in [4.69, 9.17) is 27.9 Å². The van der Waals surface area contributed by atoms with Crippen LogP contribution in [0.3, 0.4) is 0 Å². The number of nitrogens with one attached hydrogen (secondary N) is 1. The molecule has 0 saturated heterocycles. The van der Waals surface area contributed by atoms with Crippen molar-refractivity contribution in [2.24, 2.45) is 0 Å². The third kappa shape index (κ3) is 6.78. The fourth-order valence-electron chi connectivity index (χ4n) is 3.92. The molecule has 3 aromatic rings. The molecule has 0 heterocycles. The van der Waals surface area contributed by atoms with E-state index < -0.39 is 28.5 Å². The number of para-hydroxylation sites is 1. The van der Waals surface area contributed by atoms with Crippen LogP contribution in [-0.4, -0.2) is 51.9 Å². The lowest BCUT2D eigenvalue weighted by molar-refractivity contribution is -0.140. The summed E-state index contributed by atoms with van der Waals surface area (Å²) in [7, 11) is -1.20. The molecule has 0 aliphatic heterocycles. The highest BCUT2D eigenvalue weighted by molar-refractivity contribution is 7.92. The first kappa shape index (κ1) is 29.3. The number of amides is 2. The summed E-state index contributed by atoms with van der Waals surface area (Å²) in [6.07, 6.45) is 0.299. The molecule has 3 rings (SSSR count). The normalized spacial score (nSPS) is 11.9. The van der Waals surface area contributed by atoms with Crippen LogP contribution in [-0.2, 0) is 26.2 Å². The van der Waals surface area contributed by atoms with Gasteiger partial charge in [0.05, 0.1) is 17.7 Å². The molecular weight excluding hydrogens is 549 g/mol. The minimum absolute atomic E-state index is 0.0133. The summed E-state index contributed by atoms with van der Waals surface area (Å²) in [5, 5.41) is 3.34. The van der Waals surface area contributed by atoms with Crippen molar-refractivity contribution in [2.75, 3.05) is 25.0 Å². The van der Waals surface area contributed by atoms with Gasteiger partial charge in [0.1, 0.15) is 18.3 Å². The molecular formula is C27H29Cl2N3O5S. The fraction of sp³-hybridized carbons (Fsp3) is 0.259. The van der Waals surface area contributed by atoms with E-state index in [-0.39, 0.29) is 17.3 Å². The first-order chi connectivity index (χ1) is 18.1. The number of anilines is 1. The second-order valence-corrected chi connectivity index (χ2v) is 11.0. The number of sulfonamides is 1. The van der Waals surface area contributed by atoms with Crippen LogP contribution < -0.4 is 14.4 Å². The molecule has 0 saturated carbocycles. The summed E-state index contributed by atoms with van der Waals surface area (Å²) in [6.45, 7) is 1.20. The first-order valence-electron chi connectivity index (χ1n) is 11.8. The van der Waals surface area contributed by atoms with Crippen molar-refractivity contribution in [3.63, 3.8) is 0 Å². The van der Waals surface area contributed by atoms with Gasteiger partial charge in [-0.3, -0.25) is 13.9 Å². The van der Waals surface area contributed by atoms with E-state index in [1.807, 2.05) is 0 Å². The molecule has 1 atom stereocenters. The highest BCUT2D eigenvalue weighted by atomic mass is 35.5. The highest BCUT2D eigenvalue weighted by Crippen LogP contribution is 2.27. The molecule has 11 heteroatoms. The third-order valence-electron chi connectivity index (χ3n) is 5.96. The highest BCUT2D eigenvalue weighted by Gasteiger charge is 2.33. The molecule has 0 spiro atoms. The predicted octanol–water partition coefficient (Wildman–Crippen LogP) is 4.75. The van der Waals surface area contributed by atoms with Crippen LogP contribution >= 0.6 is 23.2 Å². The number of ether oxygens (including phenoxy) is 1. The number of benzene rings is 3. The first-order valence-corrected chi connectivity index (χ1v) is 14.0. The lowest BCUT2D eigenvalue weighted by Crippen LogP contribution is -2.51. The van der Waals surface area contributed by atoms with E-state index in [0.717, 1.165) is 4.31 Å². The average molecular weight is 579 g/mol. The summed E-state index contributed by atoms with van der Waals surface area (Å²) < 4.78 is 33.7. The quantitative estimate of drug-likeness (QED) is 0.354. The maximum absolute atomic E-state index is 13.9. The van der Waals surface area contributed by atoms with Crippen LogP contribution in [0.25, 0.3) is 0 Å². The Bertz CT molecular complexity index is 1370. The number of rotatable bonds is 11. The predicted molar refractivity (Wildman–Crippen MR) is 149 cm³/mol. The van der Waals surface area contributed by atoms with Crippen molar-refractivity contribution < 1.29 is 22.7 Å². The van der Waals surface area contributed by atoms with E-state index >= 15 is 0 Å². The number of likely N-dealkylation sites (N-methyl/N-ethyl adjacent to an activating group) is 1. The number of hydrogen-bond donors (Lipinski definition) is 1. The van der Waals surface area contributed by atoms with E-state index in [0.29, 0.717) is 33.5 Å². The van der Waals surface area contributed by atoms with Gasteiger partial charge in [-0.2, -0.15) is 0 Å². The molecule has 0 aliphatic carbocycles. The Balaban J connectivity index is 2.05. The van der Waals surface area contributed by atoms with E-state index in [2.05, 4.69) is 5.32 Å². The number of halogens is 2. The monoisotopic (exact) mass is 577 g/mol. The standard InChI is InChI=1S/C27H29Cl2N3O5S/c1-4-25(27(34)30-2)31(17-19-10-11-20(28)16-24(19)29)26(33)18-32(21-8-6-5-7-9-21)38(35,36)23-14-12-22(37-3)13-15-23/h5-16,25H,4,17-18H2,1-3H3,(H,30,34)/t25-/m1/s1. The van der Waals surface area contributed by atoms with Gasteiger partial charge in [-0.25, -0.2) is 8.42 Å². The number of nitrogens with zero attached hydrogens (tertiary/aromatic N) is 2. The number of hydrogen-bond acceptors (Lipinski definition) is 5. The van der Waals surface area contributed by atoms with Crippen LogP contribution in [0.5, 0.6) is 5.75 Å². The van der Waals surface area contributed by atoms with E-state index in [1.54, 1.807) is 55.5 Å². The summed E-state index contributed by atoms with van der Waals surface area (Å²) in [4.78, 5) is 27.9. The van der Waals surface area contributed by atoms with Crippen LogP contribution in [0, 0.1) is 0 Å². The Kier molecular flexibility index (Phi) is 10.0. The van der Waals surface area contributed by atoms with Crippen LogP contribution in [0.1, 0.15) is 18.9 Å². The van der Waals surface area contributed by atoms with Gasteiger partial charge in [0.15, 0.2) is 0 Å². The Morgan fingerprint density at radius 1 is 1.00 bits per heavy atom. The number of carbonyl (C=O) groups is 2. The van der Waals surface area contributed by atoms with Crippen molar-refractivity contribution in [1.29, 1.82) is 0 Å².